The second-order valence-electron chi connectivity index (χ2n) is 5.62. The molecule has 2 atom stereocenters. The lowest BCUT2D eigenvalue weighted by Gasteiger charge is -2.16. The Kier molecular flexibility index (Phi) is 5.66. The quantitative estimate of drug-likeness (QED) is 0.554. The number of hydrogen-bond acceptors (Lipinski definition) is 8. The van der Waals surface area contributed by atoms with Crippen molar-refractivity contribution in [1.29, 1.82) is 0 Å². The highest BCUT2D eigenvalue weighted by Crippen LogP contribution is 2.22. The maximum Gasteiger partial charge on any atom is 0.273 e. The Morgan fingerprint density at radius 2 is 2.04 bits per heavy atom. The average Bonchev–Trinajstić information content (AvgIpc) is 3.31. The Morgan fingerprint density at radius 1 is 1.27 bits per heavy atom. The van der Waals surface area contributed by atoms with E-state index in [0.717, 1.165) is 10.6 Å². The minimum atomic E-state index is -0.824. The Labute approximate surface area is 153 Å². The van der Waals surface area contributed by atoms with Crippen LogP contribution in [0.4, 0.5) is 0 Å². The third-order valence-electron chi connectivity index (χ3n) is 3.71. The number of benzene rings is 1. The molecule has 1 amide bonds. The molecule has 0 aliphatic heterocycles. The van der Waals surface area contributed by atoms with Crippen LogP contribution in [0.25, 0.3) is 10.6 Å². The molecule has 0 fully saturated rings. The molecule has 136 valence electrons. The number of aliphatic hydroxyl groups excluding tert-OH is 2. The molecule has 0 bridgehead atoms. The Hall–Kier alpha value is -2.69. The highest BCUT2D eigenvalue weighted by molar-refractivity contribution is 7.14. The van der Waals surface area contributed by atoms with E-state index in [9.17, 15) is 15.0 Å². The highest BCUT2D eigenvalue weighted by Gasteiger charge is 2.20. The lowest BCUT2D eigenvalue weighted by molar-refractivity contribution is 0.0787. The van der Waals surface area contributed by atoms with Gasteiger partial charge in [0.05, 0.1) is 25.5 Å². The first-order chi connectivity index (χ1) is 12.6. The number of nitrogens with zero attached hydrogens (tertiary/aromatic N) is 5. The maximum atomic E-state index is 12.2. The molecule has 1 aromatic carbocycles. The van der Waals surface area contributed by atoms with E-state index in [1.54, 1.807) is 0 Å². The van der Waals surface area contributed by atoms with Gasteiger partial charge in [0.2, 0.25) is 0 Å². The first-order valence-electron chi connectivity index (χ1n) is 7.95. The summed E-state index contributed by atoms with van der Waals surface area (Å²) in [6.07, 6.45) is 0.564. The van der Waals surface area contributed by atoms with Crippen molar-refractivity contribution in [2.24, 2.45) is 0 Å². The van der Waals surface area contributed by atoms with Gasteiger partial charge in [0.25, 0.3) is 5.91 Å². The molecule has 0 saturated carbocycles. The molecule has 10 heteroatoms. The predicted octanol–water partition coefficient (Wildman–Crippen LogP) is 0.641. The largest absolute Gasteiger partial charge is 0.394 e. The number of aromatic nitrogens is 5. The van der Waals surface area contributed by atoms with Gasteiger partial charge in [-0.3, -0.25) is 4.79 Å². The van der Waals surface area contributed by atoms with Crippen LogP contribution in [0.3, 0.4) is 0 Å². The minimum absolute atomic E-state index is 0.0944. The first-order valence-corrected chi connectivity index (χ1v) is 8.77. The molecule has 9 nitrogen and oxygen atoms in total. The van der Waals surface area contributed by atoms with Crippen molar-refractivity contribution in [2.45, 2.75) is 25.6 Å². The van der Waals surface area contributed by atoms with Gasteiger partial charge in [-0.25, -0.2) is 4.68 Å². The molecule has 1 unspecified atom stereocenters. The Morgan fingerprint density at radius 3 is 2.73 bits per heavy atom. The average molecular weight is 374 g/mol. The van der Waals surface area contributed by atoms with Crippen molar-refractivity contribution in [3.63, 3.8) is 0 Å². The number of nitrogens with one attached hydrogen (secondary N) is 1. The van der Waals surface area contributed by atoms with Crippen molar-refractivity contribution >= 4 is 17.2 Å². The lowest BCUT2D eigenvalue weighted by Crippen LogP contribution is -2.25. The number of hydrogen-bond donors (Lipinski definition) is 3. The summed E-state index contributed by atoms with van der Waals surface area (Å²) in [5.74, 6) is -0.421. The van der Waals surface area contributed by atoms with E-state index in [-0.39, 0.29) is 18.8 Å². The summed E-state index contributed by atoms with van der Waals surface area (Å²) in [5, 5.41) is 38.8. The van der Waals surface area contributed by atoms with Crippen molar-refractivity contribution in [2.75, 3.05) is 6.61 Å². The third-order valence-corrected chi connectivity index (χ3v) is 4.69. The second-order valence-corrected chi connectivity index (χ2v) is 6.69. The predicted molar refractivity (Wildman–Crippen MR) is 94.3 cm³/mol. The van der Waals surface area contributed by atoms with Crippen molar-refractivity contribution < 1.29 is 15.0 Å². The molecule has 0 spiro atoms. The Bertz CT molecular complexity index is 864. The van der Waals surface area contributed by atoms with Gasteiger partial charge < -0.3 is 15.5 Å². The SMILES string of the molecule is C[C@H](O)C(CO)n1cc(C(=O)NCc2nnc(-c3ccccc3)s2)nn1. The van der Waals surface area contributed by atoms with Crippen LogP contribution in [0.15, 0.2) is 36.5 Å². The summed E-state index contributed by atoms with van der Waals surface area (Å²) in [6.45, 7) is 1.44. The van der Waals surface area contributed by atoms with Gasteiger partial charge in [0, 0.05) is 5.56 Å². The smallest absolute Gasteiger partial charge is 0.273 e. The van der Waals surface area contributed by atoms with Crippen LogP contribution in [0.2, 0.25) is 0 Å². The van der Waals surface area contributed by atoms with E-state index in [4.69, 9.17) is 0 Å². The van der Waals surface area contributed by atoms with Crippen molar-refractivity contribution in [3.05, 3.63) is 47.2 Å². The fourth-order valence-corrected chi connectivity index (χ4v) is 3.05. The molecule has 2 heterocycles. The molecule has 2 aromatic heterocycles. The van der Waals surface area contributed by atoms with E-state index in [1.807, 2.05) is 30.3 Å². The summed E-state index contributed by atoms with van der Waals surface area (Å²) in [7, 11) is 0. The molecule has 3 aromatic rings. The zero-order valence-electron chi connectivity index (χ0n) is 14.0. The number of carbonyl (C=O) groups excluding carboxylic acids is 1. The van der Waals surface area contributed by atoms with E-state index in [1.165, 1.54) is 29.1 Å². The van der Waals surface area contributed by atoms with E-state index < -0.39 is 18.1 Å². The van der Waals surface area contributed by atoms with Crippen LogP contribution in [-0.2, 0) is 6.54 Å². The summed E-state index contributed by atoms with van der Waals surface area (Å²) in [6, 6.07) is 9.02. The number of aliphatic hydroxyl groups is 2. The lowest BCUT2D eigenvalue weighted by atomic mass is 10.2. The van der Waals surface area contributed by atoms with E-state index in [2.05, 4.69) is 25.8 Å². The van der Waals surface area contributed by atoms with Crippen LogP contribution >= 0.6 is 11.3 Å². The second kappa shape index (κ2) is 8.13. The molecule has 0 radical (unpaired) electrons. The standard InChI is InChI=1S/C16H18N6O3S/c1-10(24)13(9-23)22-8-12(18-21-22)15(25)17-7-14-19-20-16(26-14)11-5-3-2-4-6-11/h2-6,8,10,13,23-24H,7,9H2,1H3,(H,17,25)/t10-,13?/m0/s1. The van der Waals surface area contributed by atoms with Crippen LogP contribution in [0.5, 0.6) is 0 Å². The van der Waals surface area contributed by atoms with Gasteiger partial charge in [-0.1, -0.05) is 46.9 Å². The summed E-state index contributed by atoms with van der Waals surface area (Å²) < 4.78 is 1.28. The normalized spacial score (nSPS) is 13.3. The fourth-order valence-electron chi connectivity index (χ4n) is 2.27. The molecule has 0 saturated heterocycles. The van der Waals surface area contributed by atoms with Crippen LogP contribution in [0, 0.1) is 0 Å². The molecular formula is C16H18N6O3S. The maximum absolute atomic E-state index is 12.2. The van der Waals surface area contributed by atoms with E-state index in [0.29, 0.717) is 5.01 Å². The zero-order valence-corrected chi connectivity index (χ0v) is 14.8. The highest BCUT2D eigenvalue weighted by atomic mass is 32.1. The Balaban J connectivity index is 1.61. The summed E-state index contributed by atoms with van der Waals surface area (Å²) in [4.78, 5) is 12.2. The molecule has 3 N–H and O–H groups in total. The number of rotatable bonds is 7. The molecule has 0 aliphatic rings. The minimum Gasteiger partial charge on any atom is -0.394 e. The summed E-state index contributed by atoms with van der Waals surface area (Å²) in [5.41, 5.74) is 1.07. The molecular weight excluding hydrogens is 356 g/mol. The van der Waals surface area contributed by atoms with Crippen LogP contribution in [0.1, 0.15) is 28.5 Å². The molecule has 26 heavy (non-hydrogen) atoms. The molecule has 3 rings (SSSR count). The fraction of sp³-hybridized carbons (Fsp3) is 0.312. The van der Waals surface area contributed by atoms with Gasteiger partial charge in [-0.05, 0) is 6.92 Å². The van der Waals surface area contributed by atoms with Gasteiger partial charge >= 0.3 is 0 Å². The third kappa shape index (κ3) is 4.10. The van der Waals surface area contributed by atoms with Crippen LogP contribution in [-0.4, -0.2) is 54.0 Å². The number of carbonyl (C=O) groups is 1. The van der Waals surface area contributed by atoms with Gasteiger partial charge in [0.1, 0.15) is 16.1 Å². The van der Waals surface area contributed by atoms with Gasteiger partial charge in [0.15, 0.2) is 5.69 Å². The summed E-state index contributed by atoms with van der Waals surface area (Å²) >= 11 is 1.40. The van der Waals surface area contributed by atoms with Gasteiger partial charge in [-0.15, -0.1) is 15.3 Å². The topological polar surface area (TPSA) is 126 Å². The molecule has 0 aliphatic carbocycles. The monoisotopic (exact) mass is 374 g/mol. The first kappa shape index (κ1) is 18.1. The van der Waals surface area contributed by atoms with Crippen molar-refractivity contribution in [1.82, 2.24) is 30.5 Å². The van der Waals surface area contributed by atoms with Crippen molar-refractivity contribution in [3.8, 4) is 10.6 Å². The zero-order chi connectivity index (χ0) is 18.5. The van der Waals surface area contributed by atoms with Crippen LogP contribution < -0.4 is 5.32 Å². The van der Waals surface area contributed by atoms with Gasteiger partial charge in [-0.2, -0.15) is 0 Å². The van der Waals surface area contributed by atoms with E-state index >= 15 is 0 Å². The number of amides is 1.